The largest absolute Gasteiger partial charge is 0.363 e. The molecule has 0 unspecified atom stereocenters. The molecule has 1 fully saturated rings. The molecular weight excluding hydrogens is 326 g/mol. The number of carbonyl (C=O) groups is 1. The molecule has 0 saturated heterocycles. The Morgan fingerprint density at radius 1 is 1.12 bits per heavy atom. The zero-order valence-corrected chi connectivity index (χ0v) is 15.7. The highest BCUT2D eigenvalue weighted by molar-refractivity contribution is 5.94. The quantitative estimate of drug-likeness (QED) is 0.865. The Morgan fingerprint density at radius 2 is 1.85 bits per heavy atom. The molecule has 26 heavy (non-hydrogen) atoms. The summed E-state index contributed by atoms with van der Waals surface area (Å²) in [6.45, 7) is 2.00. The second-order valence-electron chi connectivity index (χ2n) is 7.17. The first kappa shape index (κ1) is 18.2. The van der Waals surface area contributed by atoms with Crippen molar-refractivity contribution in [3.05, 3.63) is 47.7 Å². The van der Waals surface area contributed by atoms with Gasteiger partial charge in [-0.1, -0.05) is 17.7 Å². The van der Waals surface area contributed by atoms with Crippen LogP contribution in [-0.4, -0.2) is 42.1 Å². The third-order valence-electron chi connectivity index (χ3n) is 4.77. The second kappa shape index (κ2) is 8.17. The van der Waals surface area contributed by atoms with E-state index in [-0.39, 0.29) is 11.9 Å². The van der Waals surface area contributed by atoms with Crippen molar-refractivity contribution < 1.29 is 4.79 Å². The molecule has 0 atom stereocenters. The van der Waals surface area contributed by atoms with E-state index in [2.05, 4.69) is 20.6 Å². The van der Waals surface area contributed by atoms with Crippen LogP contribution in [0.1, 0.15) is 41.6 Å². The normalized spacial score (nSPS) is 19.7. The summed E-state index contributed by atoms with van der Waals surface area (Å²) in [7, 11) is 3.93. The van der Waals surface area contributed by atoms with Gasteiger partial charge >= 0.3 is 0 Å². The van der Waals surface area contributed by atoms with Gasteiger partial charge in [-0.2, -0.15) is 4.98 Å². The number of anilines is 2. The minimum absolute atomic E-state index is 0.0205. The SMILES string of the molecule is Cc1cccc(C(=O)N[C@H]2CC[C@@H](Nc3nccc(N(C)C)n3)CC2)c1. The number of nitrogens with one attached hydrogen (secondary N) is 2. The summed E-state index contributed by atoms with van der Waals surface area (Å²) in [6.07, 6.45) is 5.69. The molecule has 3 rings (SSSR count). The maximum atomic E-state index is 12.4. The van der Waals surface area contributed by atoms with Gasteiger partial charge in [-0.05, 0) is 50.8 Å². The van der Waals surface area contributed by atoms with Crippen molar-refractivity contribution in [3.63, 3.8) is 0 Å². The van der Waals surface area contributed by atoms with Gasteiger partial charge in [0.15, 0.2) is 0 Å². The lowest BCUT2D eigenvalue weighted by atomic mass is 9.91. The molecule has 6 nitrogen and oxygen atoms in total. The van der Waals surface area contributed by atoms with Gasteiger partial charge in [0.2, 0.25) is 5.95 Å². The van der Waals surface area contributed by atoms with Crippen LogP contribution in [0, 0.1) is 6.92 Å². The molecule has 0 radical (unpaired) electrons. The van der Waals surface area contributed by atoms with Crippen molar-refractivity contribution in [1.82, 2.24) is 15.3 Å². The van der Waals surface area contributed by atoms with Crippen LogP contribution in [-0.2, 0) is 0 Å². The van der Waals surface area contributed by atoms with Gasteiger partial charge in [0.05, 0.1) is 0 Å². The predicted octanol–water partition coefficient (Wildman–Crippen LogP) is 3.00. The van der Waals surface area contributed by atoms with Crippen LogP contribution in [0.4, 0.5) is 11.8 Å². The molecule has 2 aromatic rings. The topological polar surface area (TPSA) is 70.2 Å². The zero-order valence-electron chi connectivity index (χ0n) is 15.7. The first-order valence-electron chi connectivity index (χ1n) is 9.15. The molecule has 1 saturated carbocycles. The van der Waals surface area contributed by atoms with Crippen molar-refractivity contribution in [3.8, 4) is 0 Å². The van der Waals surface area contributed by atoms with E-state index >= 15 is 0 Å². The molecular formula is C20H27N5O. The van der Waals surface area contributed by atoms with Crippen LogP contribution in [0.2, 0.25) is 0 Å². The highest BCUT2D eigenvalue weighted by atomic mass is 16.1. The number of carbonyl (C=O) groups excluding carboxylic acids is 1. The minimum Gasteiger partial charge on any atom is -0.363 e. The Labute approximate surface area is 155 Å². The molecule has 6 heteroatoms. The van der Waals surface area contributed by atoms with Crippen LogP contribution in [0.15, 0.2) is 36.5 Å². The predicted molar refractivity (Wildman–Crippen MR) is 105 cm³/mol. The van der Waals surface area contributed by atoms with Crippen LogP contribution < -0.4 is 15.5 Å². The maximum absolute atomic E-state index is 12.4. The fraction of sp³-hybridized carbons (Fsp3) is 0.450. The van der Waals surface area contributed by atoms with E-state index in [4.69, 9.17) is 0 Å². The van der Waals surface area contributed by atoms with E-state index in [9.17, 15) is 4.79 Å². The van der Waals surface area contributed by atoms with Gasteiger partial charge in [-0.25, -0.2) is 4.98 Å². The zero-order chi connectivity index (χ0) is 18.5. The lowest BCUT2D eigenvalue weighted by Crippen LogP contribution is -2.40. The summed E-state index contributed by atoms with van der Waals surface area (Å²) in [5, 5.41) is 6.59. The summed E-state index contributed by atoms with van der Waals surface area (Å²) in [5.74, 6) is 1.58. The Hall–Kier alpha value is -2.63. The van der Waals surface area contributed by atoms with E-state index in [0.29, 0.717) is 12.0 Å². The standard InChI is InChI=1S/C20H27N5O/c1-14-5-4-6-15(13-14)19(26)22-16-7-9-17(10-8-16)23-20-21-12-11-18(24-20)25(2)3/h4-6,11-13,16-17H,7-10H2,1-3H3,(H,22,26)(H,21,23,24)/t16-,17+. The number of aryl methyl sites for hydroxylation is 1. The fourth-order valence-corrected chi connectivity index (χ4v) is 3.29. The number of hydrogen-bond acceptors (Lipinski definition) is 5. The number of rotatable bonds is 5. The van der Waals surface area contributed by atoms with Crippen molar-refractivity contribution in [2.45, 2.75) is 44.7 Å². The van der Waals surface area contributed by atoms with Gasteiger partial charge in [-0.15, -0.1) is 0 Å². The molecule has 2 N–H and O–H groups in total. The number of amides is 1. The van der Waals surface area contributed by atoms with Gasteiger partial charge in [-0.3, -0.25) is 4.79 Å². The Kier molecular flexibility index (Phi) is 5.71. The summed E-state index contributed by atoms with van der Waals surface area (Å²) in [4.78, 5) is 23.2. The number of benzene rings is 1. The minimum atomic E-state index is 0.0205. The Balaban J connectivity index is 1.50. The molecule has 0 aliphatic heterocycles. The van der Waals surface area contributed by atoms with Crippen LogP contribution in [0.25, 0.3) is 0 Å². The molecule has 1 aliphatic rings. The average Bonchev–Trinajstić information content (AvgIpc) is 2.63. The van der Waals surface area contributed by atoms with E-state index in [1.165, 1.54) is 0 Å². The van der Waals surface area contributed by atoms with Crippen molar-refractivity contribution >= 4 is 17.7 Å². The number of hydrogen-bond donors (Lipinski definition) is 2. The molecule has 0 bridgehead atoms. The second-order valence-corrected chi connectivity index (χ2v) is 7.17. The number of nitrogens with zero attached hydrogens (tertiary/aromatic N) is 3. The van der Waals surface area contributed by atoms with Crippen LogP contribution in [0.3, 0.4) is 0 Å². The molecule has 1 amide bonds. The smallest absolute Gasteiger partial charge is 0.251 e. The van der Waals surface area contributed by atoms with Gasteiger partial charge < -0.3 is 15.5 Å². The Bertz CT molecular complexity index is 753. The van der Waals surface area contributed by atoms with Crippen molar-refractivity contribution in [1.29, 1.82) is 0 Å². The number of aromatic nitrogens is 2. The fourth-order valence-electron chi connectivity index (χ4n) is 3.29. The Morgan fingerprint density at radius 3 is 2.54 bits per heavy atom. The van der Waals surface area contributed by atoms with Gasteiger partial charge in [0.1, 0.15) is 5.82 Å². The molecule has 138 valence electrons. The third kappa shape index (κ3) is 4.71. The summed E-state index contributed by atoms with van der Waals surface area (Å²) >= 11 is 0. The van der Waals surface area contributed by atoms with E-state index < -0.39 is 0 Å². The molecule has 1 aromatic carbocycles. The highest BCUT2D eigenvalue weighted by Crippen LogP contribution is 2.22. The summed E-state index contributed by atoms with van der Waals surface area (Å²) in [5.41, 5.74) is 1.84. The maximum Gasteiger partial charge on any atom is 0.251 e. The van der Waals surface area contributed by atoms with Crippen LogP contribution >= 0.6 is 0 Å². The first-order chi connectivity index (χ1) is 12.5. The van der Waals surface area contributed by atoms with Gasteiger partial charge in [0.25, 0.3) is 5.91 Å². The van der Waals surface area contributed by atoms with E-state index in [0.717, 1.165) is 42.6 Å². The van der Waals surface area contributed by atoms with E-state index in [1.54, 1.807) is 6.20 Å². The van der Waals surface area contributed by atoms with Crippen molar-refractivity contribution in [2.24, 2.45) is 0 Å². The monoisotopic (exact) mass is 353 g/mol. The lowest BCUT2D eigenvalue weighted by Gasteiger charge is -2.29. The first-order valence-corrected chi connectivity index (χ1v) is 9.15. The molecule has 0 spiro atoms. The molecule has 1 heterocycles. The third-order valence-corrected chi connectivity index (χ3v) is 4.77. The summed E-state index contributed by atoms with van der Waals surface area (Å²) < 4.78 is 0. The molecule has 1 aliphatic carbocycles. The van der Waals surface area contributed by atoms with E-state index in [1.807, 2.05) is 56.3 Å². The van der Waals surface area contributed by atoms with Crippen LogP contribution in [0.5, 0.6) is 0 Å². The van der Waals surface area contributed by atoms with Crippen molar-refractivity contribution in [2.75, 3.05) is 24.3 Å². The lowest BCUT2D eigenvalue weighted by molar-refractivity contribution is 0.0926. The van der Waals surface area contributed by atoms with Gasteiger partial charge in [0, 0.05) is 37.9 Å². The average molecular weight is 353 g/mol. The summed E-state index contributed by atoms with van der Waals surface area (Å²) in [6, 6.07) is 10.2. The molecule has 1 aromatic heterocycles. The highest BCUT2D eigenvalue weighted by Gasteiger charge is 2.23.